The minimum absolute atomic E-state index is 0.0502. The smallest absolute Gasteiger partial charge is 0.0613 e. The van der Waals surface area contributed by atoms with Gasteiger partial charge in [0.25, 0.3) is 0 Å². The van der Waals surface area contributed by atoms with E-state index in [1.54, 1.807) is 0 Å². The average molecular weight is 167 g/mol. The van der Waals surface area contributed by atoms with Crippen molar-refractivity contribution >= 4 is 0 Å². The van der Waals surface area contributed by atoms with Crippen molar-refractivity contribution in [3.8, 4) is 12.3 Å². The summed E-state index contributed by atoms with van der Waals surface area (Å²) in [5.41, 5.74) is 0.0502. The number of hydrogen-bond acceptors (Lipinski definition) is 2. The molecule has 2 nitrogen and oxygen atoms in total. The van der Waals surface area contributed by atoms with Crippen molar-refractivity contribution in [3.63, 3.8) is 0 Å². The summed E-state index contributed by atoms with van der Waals surface area (Å²) in [7, 11) is 0. The third-order valence-electron chi connectivity index (χ3n) is 2.61. The van der Waals surface area contributed by atoms with Crippen LogP contribution in [0.1, 0.15) is 32.1 Å². The van der Waals surface area contributed by atoms with Gasteiger partial charge in [-0.3, -0.25) is 0 Å². The normalized spacial score (nSPS) is 19.7. The van der Waals surface area contributed by atoms with Gasteiger partial charge in [-0.25, -0.2) is 0 Å². The van der Waals surface area contributed by atoms with Crippen LogP contribution in [0, 0.1) is 12.3 Å². The molecule has 0 aromatic carbocycles. The molecule has 0 spiro atoms. The molecule has 0 aromatic rings. The average Bonchev–Trinajstić information content (AvgIpc) is 2.02. The minimum Gasteiger partial charge on any atom is -0.394 e. The van der Waals surface area contributed by atoms with Gasteiger partial charge in [0.2, 0.25) is 0 Å². The predicted octanol–water partition coefficient (Wildman–Crippen LogP) is 0.904. The first kappa shape index (κ1) is 9.57. The molecule has 1 aliphatic rings. The number of aliphatic hydroxyl groups is 1. The summed E-state index contributed by atoms with van der Waals surface area (Å²) < 4.78 is 0. The van der Waals surface area contributed by atoms with Gasteiger partial charge in [0, 0.05) is 12.0 Å². The Hall–Kier alpha value is -0.520. The predicted molar refractivity (Wildman–Crippen MR) is 49.7 cm³/mol. The highest BCUT2D eigenvalue weighted by Crippen LogP contribution is 2.30. The van der Waals surface area contributed by atoms with Crippen LogP contribution in [0.25, 0.3) is 0 Å². The zero-order valence-electron chi connectivity index (χ0n) is 7.47. The molecule has 0 saturated heterocycles. The highest BCUT2D eigenvalue weighted by atomic mass is 16.3. The second kappa shape index (κ2) is 4.49. The third-order valence-corrected chi connectivity index (χ3v) is 2.61. The lowest BCUT2D eigenvalue weighted by molar-refractivity contribution is 0.0890. The highest BCUT2D eigenvalue weighted by molar-refractivity contribution is 4.95. The molecule has 12 heavy (non-hydrogen) atoms. The molecule has 0 unspecified atom stereocenters. The van der Waals surface area contributed by atoms with Crippen LogP contribution in [0.15, 0.2) is 0 Å². The zero-order chi connectivity index (χ0) is 8.86. The van der Waals surface area contributed by atoms with E-state index in [0.29, 0.717) is 0 Å². The van der Waals surface area contributed by atoms with Gasteiger partial charge >= 0.3 is 0 Å². The quantitative estimate of drug-likeness (QED) is 0.471. The summed E-state index contributed by atoms with van der Waals surface area (Å²) in [6.07, 6.45) is 10.4. The monoisotopic (exact) mass is 167 g/mol. The van der Waals surface area contributed by atoms with E-state index in [4.69, 9.17) is 11.5 Å². The van der Waals surface area contributed by atoms with Gasteiger partial charge in [0.05, 0.1) is 6.61 Å². The standard InChI is InChI=1S/C10H17NO/c1-2-3-4-8-11-10(9-12)6-5-7-10/h1,11-12H,3-9H2. The Balaban J connectivity index is 2.09. The fourth-order valence-corrected chi connectivity index (χ4v) is 1.54. The summed E-state index contributed by atoms with van der Waals surface area (Å²) >= 11 is 0. The number of terminal acetylenes is 1. The fraction of sp³-hybridized carbons (Fsp3) is 0.800. The lowest BCUT2D eigenvalue weighted by atomic mass is 9.77. The van der Waals surface area contributed by atoms with Crippen LogP contribution < -0.4 is 5.32 Å². The molecule has 1 aliphatic carbocycles. The van der Waals surface area contributed by atoms with Crippen molar-refractivity contribution in [2.45, 2.75) is 37.6 Å². The van der Waals surface area contributed by atoms with Gasteiger partial charge in [-0.05, 0) is 32.2 Å². The molecule has 0 heterocycles. The third kappa shape index (κ3) is 2.23. The first-order valence-electron chi connectivity index (χ1n) is 4.62. The van der Waals surface area contributed by atoms with Gasteiger partial charge in [-0.2, -0.15) is 0 Å². The maximum atomic E-state index is 9.09. The summed E-state index contributed by atoms with van der Waals surface area (Å²) in [6, 6.07) is 0. The fourth-order valence-electron chi connectivity index (χ4n) is 1.54. The molecule has 0 aromatic heterocycles. The van der Waals surface area contributed by atoms with Crippen LogP contribution >= 0.6 is 0 Å². The van der Waals surface area contributed by atoms with E-state index in [1.165, 1.54) is 6.42 Å². The number of rotatable bonds is 5. The number of hydrogen-bond donors (Lipinski definition) is 2. The molecule has 0 atom stereocenters. The molecule has 0 radical (unpaired) electrons. The van der Waals surface area contributed by atoms with Gasteiger partial charge in [-0.1, -0.05) is 0 Å². The lowest BCUT2D eigenvalue weighted by Crippen LogP contribution is -2.54. The van der Waals surface area contributed by atoms with Crippen LogP contribution in [0.2, 0.25) is 0 Å². The van der Waals surface area contributed by atoms with E-state index < -0.39 is 0 Å². The molecule has 68 valence electrons. The first-order chi connectivity index (χ1) is 5.83. The van der Waals surface area contributed by atoms with E-state index in [2.05, 4.69) is 11.2 Å². The topological polar surface area (TPSA) is 32.3 Å². The SMILES string of the molecule is C#CCCCNC1(CO)CCC1. The van der Waals surface area contributed by atoms with Crippen molar-refractivity contribution in [2.75, 3.05) is 13.2 Å². The van der Waals surface area contributed by atoms with Crippen molar-refractivity contribution in [3.05, 3.63) is 0 Å². The molecule has 2 heteroatoms. The highest BCUT2D eigenvalue weighted by Gasteiger charge is 2.35. The first-order valence-corrected chi connectivity index (χ1v) is 4.62. The van der Waals surface area contributed by atoms with E-state index in [0.717, 1.165) is 32.2 Å². The van der Waals surface area contributed by atoms with Crippen molar-refractivity contribution in [1.29, 1.82) is 0 Å². The van der Waals surface area contributed by atoms with Crippen LogP contribution in [0.3, 0.4) is 0 Å². The Labute approximate surface area is 74.4 Å². The summed E-state index contributed by atoms with van der Waals surface area (Å²) in [5.74, 6) is 2.61. The molecule has 1 rings (SSSR count). The number of aliphatic hydroxyl groups excluding tert-OH is 1. The summed E-state index contributed by atoms with van der Waals surface area (Å²) in [4.78, 5) is 0. The molecule has 0 bridgehead atoms. The van der Waals surface area contributed by atoms with E-state index in [-0.39, 0.29) is 12.1 Å². The zero-order valence-corrected chi connectivity index (χ0v) is 7.47. The largest absolute Gasteiger partial charge is 0.394 e. The Morgan fingerprint density at radius 2 is 2.25 bits per heavy atom. The van der Waals surface area contributed by atoms with Crippen LogP contribution in [0.4, 0.5) is 0 Å². The molecule has 0 aliphatic heterocycles. The second-order valence-electron chi connectivity index (χ2n) is 3.53. The maximum absolute atomic E-state index is 9.09. The molecule has 1 fully saturated rings. The van der Waals surface area contributed by atoms with Crippen molar-refractivity contribution < 1.29 is 5.11 Å². The second-order valence-corrected chi connectivity index (χ2v) is 3.53. The van der Waals surface area contributed by atoms with E-state index >= 15 is 0 Å². The molecule has 1 saturated carbocycles. The molecular formula is C10H17NO. The number of unbranched alkanes of at least 4 members (excludes halogenated alkanes) is 1. The van der Waals surface area contributed by atoms with Gasteiger partial charge in [0.1, 0.15) is 0 Å². The maximum Gasteiger partial charge on any atom is 0.0613 e. The summed E-state index contributed by atoms with van der Waals surface area (Å²) in [5, 5.41) is 12.5. The molecule has 0 amide bonds. The lowest BCUT2D eigenvalue weighted by Gasteiger charge is -2.41. The van der Waals surface area contributed by atoms with Crippen LogP contribution in [-0.4, -0.2) is 23.8 Å². The Morgan fingerprint density at radius 3 is 2.67 bits per heavy atom. The Bertz CT molecular complexity index is 162. The van der Waals surface area contributed by atoms with Gasteiger partial charge in [0.15, 0.2) is 0 Å². The molecular weight excluding hydrogens is 150 g/mol. The molecule has 2 N–H and O–H groups in total. The minimum atomic E-state index is 0.0502. The van der Waals surface area contributed by atoms with E-state index in [1.807, 2.05) is 0 Å². The van der Waals surface area contributed by atoms with Crippen LogP contribution in [-0.2, 0) is 0 Å². The Kier molecular flexibility index (Phi) is 3.58. The van der Waals surface area contributed by atoms with Crippen molar-refractivity contribution in [1.82, 2.24) is 5.32 Å². The van der Waals surface area contributed by atoms with Crippen LogP contribution in [0.5, 0.6) is 0 Å². The Morgan fingerprint density at radius 1 is 1.50 bits per heavy atom. The van der Waals surface area contributed by atoms with Gasteiger partial charge in [-0.15, -0.1) is 12.3 Å². The van der Waals surface area contributed by atoms with E-state index in [9.17, 15) is 0 Å². The number of nitrogens with one attached hydrogen (secondary N) is 1. The summed E-state index contributed by atoms with van der Waals surface area (Å²) in [6.45, 7) is 1.20. The van der Waals surface area contributed by atoms with Crippen molar-refractivity contribution in [2.24, 2.45) is 0 Å². The van der Waals surface area contributed by atoms with Gasteiger partial charge < -0.3 is 10.4 Å².